The molecular formula is C21H24F2N2O2. The van der Waals surface area contributed by atoms with Crippen LogP contribution in [-0.2, 0) is 6.54 Å². The monoisotopic (exact) mass is 374 g/mol. The van der Waals surface area contributed by atoms with Gasteiger partial charge in [0.25, 0.3) is 5.91 Å². The third-order valence-electron chi connectivity index (χ3n) is 5.10. The van der Waals surface area contributed by atoms with E-state index in [1.54, 1.807) is 30.1 Å². The predicted octanol–water partition coefficient (Wildman–Crippen LogP) is 3.71. The zero-order valence-electron chi connectivity index (χ0n) is 15.6. The molecule has 2 aromatic rings. The summed E-state index contributed by atoms with van der Waals surface area (Å²) in [5.74, 6) is -1.08. The number of methoxy groups -OCH3 is 1. The highest BCUT2D eigenvalue weighted by Gasteiger charge is 2.29. The Bertz CT molecular complexity index is 813. The second-order valence-electron chi connectivity index (χ2n) is 6.86. The molecule has 1 fully saturated rings. The van der Waals surface area contributed by atoms with Crippen LogP contribution in [0, 0.1) is 11.6 Å². The van der Waals surface area contributed by atoms with Crippen LogP contribution in [0.5, 0.6) is 5.75 Å². The summed E-state index contributed by atoms with van der Waals surface area (Å²) in [5, 5.41) is 0. The molecule has 1 heterocycles. The fourth-order valence-corrected chi connectivity index (χ4v) is 3.60. The zero-order chi connectivity index (χ0) is 19.4. The van der Waals surface area contributed by atoms with Crippen molar-refractivity contribution in [2.45, 2.75) is 25.4 Å². The molecule has 4 nitrogen and oxygen atoms in total. The lowest BCUT2D eigenvalue weighted by Crippen LogP contribution is -2.48. The summed E-state index contributed by atoms with van der Waals surface area (Å²) in [4.78, 5) is 16.7. The van der Waals surface area contributed by atoms with Gasteiger partial charge in [0.15, 0.2) is 11.6 Å². The molecule has 0 radical (unpaired) electrons. The molecule has 1 unspecified atom stereocenters. The molecule has 0 aromatic heterocycles. The fraction of sp³-hybridized carbons (Fsp3) is 0.381. The minimum Gasteiger partial charge on any atom is -0.493 e. The number of para-hydroxylation sites is 1. The lowest BCUT2D eigenvalue weighted by Gasteiger charge is -2.37. The van der Waals surface area contributed by atoms with Crippen molar-refractivity contribution in [3.63, 3.8) is 0 Å². The molecule has 0 N–H and O–H groups in total. The van der Waals surface area contributed by atoms with Gasteiger partial charge in [-0.1, -0.05) is 24.3 Å². The number of likely N-dealkylation sites (N-methyl/N-ethyl adjacent to an activating group) is 1. The Morgan fingerprint density at radius 1 is 1.19 bits per heavy atom. The van der Waals surface area contributed by atoms with Crippen LogP contribution in [-0.4, -0.2) is 49.0 Å². The molecule has 1 saturated heterocycles. The molecule has 2 aromatic carbocycles. The number of piperidine rings is 1. The molecule has 0 saturated carbocycles. The third-order valence-corrected chi connectivity index (χ3v) is 5.10. The van der Waals surface area contributed by atoms with Gasteiger partial charge in [-0.05, 0) is 37.6 Å². The van der Waals surface area contributed by atoms with Gasteiger partial charge in [0.2, 0.25) is 0 Å². The average molecular weight is 374 g/mol. The molecule has 0 aliphatic carbocycles. The van der Waals surface area contributed by atoms with Gasteiger partial charge in [0.05, 0.1) is 12.7 Å². The third kappa shape index (κ3) is 4.27. The summed E-state index contributed by atoms with van der Waals surface area (Å²) in [6, 6.07) is 11.1. The summed E-state index contributed by atoms with van der Waals surface area (Å²) >= 11 is 0. The molecule has 0 spiro atoms. The number of hydrogen-bond donors (Lipinski definition) is 0. The van der Waals surface area contributed by atoms with Crippen LogP contribution in [0.1, 0.15) is 28.8 Å². The van der Waals surface area contributed by atoms with E-state index in [1.165, 1.54) is 25.3 Å². The lowest BCUT2D eigenvalue weighted by atomic mass is 10.0. The van der Waals surface area contributed by atoms with E-state index in [0.717, 1.165) is 19.4 Å². The van der Waals surface area contributed by atoms with Gasteiger partial charge in [0, 0.05) is 31.7 Å². The maximum Gasteiger partial charge on any atom is 0.257 e. The Kier molecular flexibility index (Phi) is 6.06. The lowest BCUT2D eigenvalue weighted by molar-refractivity contribution is 0.0604. The van der Waals surface area contributed by atoms with E-state index in [1.807, 2.05) is 6.07 Å². The fourth-order valence-electron chi connectivity index (χ4n) is 3.60. The number of ether oxygens (including phenoxy) is 1. The standard InChI is InChI=1S/C21H24F2N2O2/c1-24(21(26)17-9-5-11-19(23)20(17)27-2)16-8-6-12-25(14-16)13-15-7-3-4-10-18(15)22/h3-5,7,9-11,16H,6,8,12-14H2,1-2H3. The number of hydrogen-bond acceptors (Lipinski definition) is 3. The van der Waals surface area contributed by atoms with Crippen LogP contribution in [0.2, 0.25) is 0 Å². The van der Waals surface area contributed by atoms with E-state index >= 15 is 0 Å². The van der Waals surface area contributed by atoms with Gasteiger partial charge in [-0.15, -0.1) is 0 Å². The van der Waals surface area contributed by atoms with Crippen LogP contribution in [0.25, 0.3) is 0 Å². The quantitative estimate of drug-likeness (QED) is 0.800. The average Bonchev–Trinajstić information content (AvgIpc) is 2.68. The van der Waals surface area contributed by atoms with Crippen molar-refractivity contribution in [1.29, 1.82) is 0 Å². The summed E-state index contributed by atoms with van der Waals surface area (Å²) < 4.78 is 32.9. The van der Waals surface area contributed by atoms with Gasteiger partial charge >= 0.3 is 0 Å². The molecule has 144 valence electrons. The number of carbonyl (C=O) groups is 1. The van der Waals surface area contributed by atoms with E-state index in [0.29, 0.717) is 18.7 Å². The second kappa shape index (κ2) is 8.48. The first-order chi connectivity index (χ1) is 13.0. The highest BCUT2D eigenvalue weighted by atomic mass is 19.1. The van der Waals surface area contributed by atoms with Crippen molar-refractivity contribution >= 4 is 5.91 Å². The smallest absolute Gasteiger partial charge is 0.257 e. The number of halogens is 2. The van der Waals surface area contributed by atoms with E-state index in [-0.39, 0.29) is 29.1 Å². The van der Waals surface area contributed by atoms with Crippen LogP contribution >= 0.6 is 0 Å². The van der Waals surface area contributed by atoms with Crippen molar-refractivity contribution in [2.24, 2.45) is 0 Å². The first-order valence-corrected chi connectivity index (χ1v) is 9.06. The first kappa shape index (κ1) is 19.3. The van der Waals surface area contributed by atoms with E-state index in [4.69, 9.17) is 4.74 Å². The number of nitrogens with zero attached hydrogens (tertiary/aromatic N) is 2. The normalized spacial score (nSPS) is 17.6. The van der Waals surface area contributed by atoms with Crippen molar-refractivity contribution in [3.8, 4) is 5.75 Å². The molecule has 1 amide bonds. The Hall–Kier alpha value is -2.47. The van der Waals surface area contributed by atoms with E-state index < -0.39 is 5.82 Å². The number of likely N-dealkylation sites (tertiary alicyclic amines) is 1. The largest absolute Gasteiger partial charge is 0.493 e. The second-order valence-corrected chi connectivity index (χ2v) is 6.86. The molecule has 6 heteroatoms. The van der Waals surface area contributed by atoms with E-state index in [2.05, 4.69) is 4.90 Å². The number of carbonyl (C=O) groups excluding carboxylic acids is 1. The number of amides is 1. The van der Waals surface area contributed by atoms with Gasteiger partial charge in [-0.25, -0.2) is 8.78 Å². The molecule has 3 rings (SSSR count). The van der Waals surface area contributed by atoms with Crippen LogP contribution in [0.3, 0.4) is 0 Å². The van der Waals surface area contributed by atoms with Crippen molar-refractivity contribution in [1.82, 2.24) is 9.80 Å². The molecule has 1 atom stereocenters. The Labute approximate surface area is 158 Å². The molecule has 1 aliphatic rings. The predicted molar refractivity (Wildman–Crippen MR) is 99.7 cm³/mol. The van der Waals surface area contributed by atoms with Gasteiger partial charge in [0.1, 0.15) is 5.82 Å². The molecule has 0 bridgehead atoms. The Morgan fingerprint density at radius 3 is 2.67 bits per heavy atom. The first-order valence-electron chi connectivity index (χ1n) is 9.06. The number of benzene rings is 2. The van der Waals surface area contributed by atoms with Crippen LogP contribution < -0.4 is 4.74 Å². The minimum absolute atomic E-state index is 0.0222. The van der Waals surface area contributed by atoms with Crippen LogP contribution in [0.4, 0.5) is 8.78 Å². The highest BCUT2D eigenvalue weighted by molar-refractivity contribution is 5.97. The van der Waals surface area contributed by atoms with Crippen LogP contribution in [0.15, 0.2) is 42.5 Å². The van der Waals surface area contributed by atoms with Gasteiger partial charge < -0.3 is 9.64 Å². The summed E-state index contributed by atoms with van der Waals surface area (Å²) in [7, 11) is 3.08. The highest BCUT2D eigenvalue weighted by Crippen LogP contribution is 2.26. The topological polar surface area (TPSA) is 32.8 Å². The maximum absolute atomic E-state index is 13.9. The molecule has 27 heavy (non-hydrogen) atoms. The van der Waals surface area contributed by atoms with Crippen molar-refractivity contribution < 1.29 is 18.3 Å². The minimum atomic E-state index is -0.554. The molecular weight excluding hydrogens is 350 g/mol. The zero-order valence-corrected chi connectivity index (χ0v) is 15.6. The van der Waals surface area contributed by atoms with Gasteiger partial charge in [-0.3, -0.25) is 9.69 Å². The van der Waals surface area contributed by atoms with Crippen molar-refractivity contribution in [3.05, 3.63) is 65.2 Å². The summed E-state index contributed by atoms with van der Waals surface area (Å²) in [6.45, 7) is 2.01. The van der Waals surface area contributed by atoms with Gasteiger partial charge in [-0.2, -0.15) is 0 Å². The molecule has 1 aliphatic heterocycles. The summed E-state index contributed by atoms with van der Waals surface area (Å²) in [5.41, 5.74) is 0.866. The Morgan fingerprint density at radius 2 is 1.93 bits per heavy atom. The van der Waals surface area contributed by atoms with Crippen molar-refractivity contribution in [2.75, 3.05) is 27.2 Å². The summed E-state index contributed by atoms with van der Waals surface area (Å²) in [6.07, 6.45) is 1.77. The SMILES string of the molecule is COc1c(F)cccc1C(=O)N(C)C1CCCN(Cc2ccccc2F)C1. The maximum atomic E-state index is 13.9. The number of rotatable bonds is 5. The Balaban J connectivity index is 1.71. The van der Waals surface area contributed by atoms with E-state index in [9.17, 15) is 13.6 Å².